The van der Waals surface area contributed by atoms with Gasteiger partial charge in [0.1, 0.15) is 0 Å². The van der Waals surface area contributed by atoms with Gasteiger partial charge in [0.15, 0.2) is 0 Å². The Bertz CT molecular complexity index is 373. The number of nitrogens with zero attached hydrogens (tertiary/aromatic N) is 1. The van der Waals surface area contributed by atoms with Crippen LogP contribution in [-0.2, 0) is 11.3 Å². The van der Waals surface area contributed by atoms with E-state index in [1.807, 2.05) is 12.1 Å². The largest absolute Gasteiger partial charge is 0.398 e. The number of hydrogen-bond acceptors (Lipinski definition) is 3. The summed E-state index contributed by atoms with van der Waals surface area (Å²) in [6.45, 7) is 7.29. The fourth-order valence-electron chi connectivity index (χ4n) is 2.40. The van der Waals surface area contributed by atoms with Crippen LogP contribution in [0, 0.1) is 0 Å². The number of benzene rings is 1. The van der Waals surface area contributed by atoms with Gasteiger partial charge in [-0.25, -0.2) is 0 Å². The van der Waals surface area contributed by atoms with Crippen molar-refractivity contribution in [2.75, 3.05) is 18.9 Å². The Morgan fingerprint density at radius 3 is 2.78 bits per heavy atom. The third-order valence-electron chi connectivity index (χ3n) is 3.62. The van der Waals surface area contributed by atoms with Gasteiger partial charge < -0.3 is 10.5 Å². The smallest absolute Gasteiger partial charge is 0.0703 e. The Morgan fingerprint density at radius 2 is 2.17 bits per heavy atom. The standard InChI is InChI=1S/C15H24N2O/c1-12(2)17(11-14-7-5-9-18-14)10-13-6-3-4-8-15(13)16/h3-4,6,8,12,14H,5,7,9-11,16H2,1-2H3. The number of hydrogen-bond donors (Lipinski definition) is 1. The van der Waals surface area contributed by atoms with Gasteiger partial charge in [-0.3, -0.25) is 4.90 Å². The molecule has 0 saturated carbocycles. The van der Waals surface area contributed by atoms with Crippen LogP contribution in [0.5, 0.6) is 0 Å². The van der Waals surface area contributed by atoms with E-state index in [4.69, 9.17) is 10.5 Å². The summed E-state index contributed by atoms with van der Waals surface area (Å²) in [5.41, 5.74) is 8.12. The van der Waals surface area contributed by atoms with Gasteiger partial charge in [0, 0.05) is 31.4 Å². The van der Waals surface area contributed by atoms with Gasteiger partial charge in [0.05, 0.1) is 6.10 Å². The lowest BCUT2D eigenvalue weighted by molar-refractivity contribution is 0.0594. The summed E-state index contributed by atoms with van der Waals surface area (Å²) in [5.74, 6) is 0. The van der Waals surface area contributed by atoms with Gasteiger partial charge in [0.2, 0.25) is 0 Å². The first-order chi connectivity index (χ1) is 8.66. The zero-order chi connectivity index (χ0) is 13.0. The van der Waals surface area contributed by atoms with Crippen molar-refractivity contribution < 1.29 is 4.74 Å². The monoisotopic (exact) mass is 248 g/mol. The molecule has 1 saturated heterocycles. The van der Waals surface area contributed by atoms with E-state index in [9.17, 15) is 0 Å². The second-order valence-electron chi connectivity index (χ2n) is 5.36. The molecule has 0 aromatic heterocycles. The average Bonchev–Trinajstić information content (AvgIpc) is 2.83. The molecule has 1 aliphatic rings. The van der Waals surface area contributed by atoms with Gasteiger partial charge in [-0.1, -0.05) is 18.2 Å². The summed E-state index contributed by atoms with van der Waals surface area (Å²) in [7, 11) is 0. The first-order valence-corrected chi connectivity index (χ1v) is 6.86. The van der Waals surface area contributed by atoms with Crippen molar-refractivity contribution in [2.24, 2.45) is 0 Å². The van der Waals surface area contributed by atoms with Crippen LogP contribution in [0.3, 0.4) is 0 Å². The lowest BCUT2D eigenvalue weighted by atomic mass is 10.1. The molecule has 0 spiro atoms. The van der Waals surface area contributed by atoms with Crippen molar-refractivity contribution in [3.63, 3.8) is 0 Å². The Labute approximate surface area is 110 Å². The summed E-state index contributed by atoms with van der Waals surface area (Å²) < 4.78 is 5.73. The summed E-state index contributed by atoms with van der Waals surface area (Å²) in [6, 6.07) is 8.63. The molecule has 100 valence electrons. The van der Waals surface area contributed by atoms with Crippen LogP contribution in [0.1, 0.15) is 32.3 Å². The molecule has 2 N–H and O–H groups in total. The van der Waals surface area contributed by atoms with E-state index < -0.39 is 0 Å². The Balaban J connectivity index is 1.99. The molecule has 18 heavy (non-hydrogen) atoms. The lowest BCUT2D eigenvalue weighted by Gasteiger charge is -2.29. The average molecular weight is 248 g/mol. The Morgan fingerprint density at radius 1 is 1.39 bits per heavy atom. The third kappa shape index (κ3) is 3.47. The molecule has 1 aromatic carbocycles. The molecule has 0 radical (unpaired) electrons. The second kappa shape index (κ2) is 6.21. The van der Waals surface area contributed by atoms with Crippen LogP contribution in [0.25, 0.3) is 0 Å². The normalized spacial score (nSPS) is 19.9. The molecule has 1 unspecified atom stereocenters. The molecular formula is C15H24N2O. The molecular weight excluding hydrogens is 224 g/mol. The zero-order valence-corrected chi connectivity index (χ0v) is 11.4. The van der Waals surface area contributed by atoms with Crippen molar-refractivity contribution in [1.82, 2.24) is 4.90 Å². The fraction of sp³-hybridized carbons (Fsp3) is 0.600. The summed E-state index contributed by atoms with van der Waals surface area (Å²) in [6.07, 6.45) is 2.79. The molecule has 0 amide bonds. The number of anilines is 1. The van der Waals surface area contributed by atoms with Gasteiger partial charge in [-0.15, -0.1) is 0 Å². The van der Waals surface area contributed by atoms with Crippen LogP contribution in [0.2, 0.25) is 0 Å². The summed E-state index contributed by atoms with van der Waals surface area (Å²) >= 11 is 0. The number of nitrogen functional groups attached to an aromatic ring is 1. The van der Waals surface area contributed by atoms with Crippen LogP contribution < -0.4 is 5.73 Å². The maximum atomic E-state index is 6.02. The van der Waals surface area contributed by atoms with Crippen molar-refractivity contribution in [3.05, 3.63) is 29.8 Å². The number of ether oxygens (including phenoxy) is 1. The van der Waals surface area contributed by atoms with Gasteiger partial charge >= 0.3 is 0 Å². The predicted octanol–water partition coefficient (Wildman–Crippen LogP) is 2.66. The van der Waals surface area contributed by atoms with E-state index in [0.717, 1.165) is 25.4 Å². The minimum absolute atomic E-state index is 0.400. The highest BCUT2D eigenvalue weighted by Gasteiger charge is 2.21. The topological polar surface area (TPSA) is 38.5 Å². The third-order valence-corrected chi connectivity index (χ3v) is 3.62. The summed E-state index contributed by atoms with van der Waals surface area (Å²) in [4.78, 5) is 2.45. The number of rotatable bonds is 5. The van der Waals surface area contributed by atoms with E-state index in [1.165, 1.54) is 18.4 Å². The maximum absolute atomic E-state index is 6.02. The van der Waals surface area contributed by atoms with Crippen molar-refractivity contribution in [1.29, 1.82) is 0 Å². The van der Waals surface area contributed by atoms with Crippen LogP contribution >= 0.6 is 0 Å². The van der Waals surface area contributed by atoms with Crippen LogP contribution in [-0.4, -0.2) is 30.2 Å². The quantitative estimate of drug-likeness (QED) is 0.814. The minimum Gasteiger partial charge on any atom is -0.398 e. The summed E-state index contributed by atoms with van der Waals surface area (Å²) in [5, 5.41) is 0. The van der Waals surface area contributed by atoms with Gasteiger partial charge in [-0.05, 0) is 38.3 Å². The Hall–Kier alpha value is -1.06. The lowest BCUT2D eigenvalue weighted by Crippen LogP contribution is -2.37. The SMILES string of the molecule is CC(C)N(Cc1ccccc1N)CC1CCCO1. The molecule has 3 nitrogen and oxygen atoms in total. The molecule has 0 aliphatic carbocycles. The number of nitrogens with two attached hydrogens (primary N) is 1. The second-order valence-corrected chi connectivity index (χ2v) is 5.36. The maximum Gasteiger partial charge on any atom is 0.0703 e. The van der Waals surface area contributed by atoms with E-state index in [-0.39, 0.29) is 0 Å². The molecule has 1 atom stereocenters. The first-order valence-electron chi connectivity index (χ1n) is 6.86. The van der Waals surface area contributed by atoms with Gasteiger partial charge in [0.25, 0.3) is 0 Å². The fourth-order valence-corrected chi connectivity index (χ4v) is 2.40. The van der Waals surface area contributed by atoms with Crippen molar-refractivity contribution >= 4 is 5.69 Å². The molecule has 2 rings (SSSR count). The molecule has 0 bridgehead atoms. The predicted molar refractivity (Wildman–Crippen MR) is 75.4 cm³/mol. The van der Waals surface area contributed by atoms with Crippen molar-refractivity contribution in [3.8, 4) is 0 Å². The highest BCUT2D eigenvalue weighted by atomic mass is 16.5. The molecule has 1 heterocycles. The first kappa shape index (κ1) is 13.4. The number of para-hydroxylation sites is 1. The van der Waals surface area contributed by atoms with Crippen LogP contribution in [0.4, 0.5) is 5.69 Å². The van der Waals surface area contributed by atoms with Crippen LogP contribution in [0.15, 0.2) is 24.3 Å². The molecule has 3 heteroatoms. The minimum atomic E-state index is 0.400. The highest BCUT2D eigenvalue weighted by Crippen LogP contribution is 2.19. The molecule has 1 aliphatic heterocycles. The Kier molecular flexibility index (Phi) is 4.61. The highest BCUT2D eigenvalue weighted by molar-refractivity contribution is 5.46. The van der Waals surface area contributed by atoms with E-state index in [1.54, 1.807) is 0 Å². The van der Waals surface area contributed by atoms with Gasteiger partial charge in [-0.2, -0.15) is 0 Å². The zero-order valence-electron chi connectivity index (χ0n) is 11.4. The van der Waals surface area contributed by atoms with Crippen molar-refractivity contribution in [2.45, 2.75) is 45.4 Å². The molecule has 1 fully saturated rings. The van der Waals surface area contributed by atoms with E-state index in [0.29, 0.717) is 12.1 Å². The van der Waals surface area contributed by atoms with E-state index >= 15 is 0 Å². The van der Waals surface area contributed by atoms with E-state index in [2.05, 4.69) is 30.9 Å². The molecule has 1 aromatic rings.